The van der Waals surface area contributed by atoms with Crippen LogP contribution in [0.1, 0.15) is 10.4 Å². The molecule has 0 atom stereocenters. The van der Waals surface area contributed by atoms with Gasteiger partial charge >= 0.3 is 0 Å². The van der Waals surface area contributed by atoms with Gasteiger partial charge in [0.05, 0.1) is 9.95 Å². The molecule has 0 aliphatic heterocycles. The summed E-state index contributed by atoms with van der Waals surface area (Å²) >= 11 is 8.02. The molecule has 2 aromatic rings. The van der Waals surface area contributed by atoms with Crippen LogP contribution in [0.5, 0.6) is 0 Å². The standard InChI is InChI=1S/C13H8ClIN2O3/c14-11-7-8(1-6-12(11)15)13(18)16-9-2-4-10(5-3-9)17(19)20/h1-7H,(H,16,18). The van der Waals surface area contributed by atoms with E-state index in [0.29, 0.717) is 16.3 Å². The molecule has 2 aromatic carbocycles. The Kier molecular flexibility index (Phi) is 4.56. The van der Waals surface area contributed by atoms with E-state index in [-0.39, 0.29) is 11.6 Å². The number of carbonyl (C=O) groups excluding carboxylic acids is 1. The van der Waals surface area contributed by atoms with Crippen molar-refractivity contribution < 1.29 is 9.72 Å². The first kappa shape index (κ1) is 14.7. The fraction of sp³-hybridized carbons (Fsp3) is 0. The first-order valence-corrected chi connectivity index (χ1v) is 6.94. The predicted molar refractivity (Wildman–Crippen MR) is 85.2 cm³/mol. The van der Waals surface area contributed by atoms with Gasteiger partial charge in [-0.3, -0.25) is 14.9 Å². The van der Waals surface area contributed by atoms with Gasteiger partial charge in [-0.15, -0.1) is 0 Å². The smallest absolute Gasteiger partial charge is 0.269 e. The maximum Gasteiger partial charge on any atom is 0.269 e. The van der Waals surface area contributed by atoms with Gasteiger partial charge in [0.1, 0.15) is 0 Å². The van der Waals surface area contributed by atoms with Crippen molar-refractivity contribution in [1.29, 1.82) is 0 Å². The van der Waals surface area contributed by atoms with Crippen LogP contribution in [0, 0.1) is 13.7 Å². The number of amides is 1. The monoisotopic (exact) mass is 402 g/mol. The lowest BCUT2D eigenvalue weighted by Crippen LogP contribution is -2.11. The van der Waals surface area contributed by atoms with E-state index in [1.165, 1.54) is 24.3 Å². The summed E-state index contributed by atoms with van der Waals surface area (Å²) in [6, 6.07) is 10.6. The predicted octanol–water partition coefficient (Wildman–Crippen LogP) is 4.11. The quantitative estimate of drug-likeness (QED) is 0.477. The number of nitro groups is 1. The summed E-state index contributed by atoms with van der Waals surface area (Å²) in [5, 5.41) is 13.7. The SMILES string of the molecule is O=C(Nc1ccc([N+](=O)[O-])cc1)c1ccc(I)c(Cl)c1. The maximum absolute atomic E-state index is 12.0. The molecule has 0 saturated carbocycles. The zero-order chi connectivity index (χ0) is 14.7. The Balaban J connectivity index is 2.14. The van der Waals surface area contributed by atoms with E-state index in [1.807, 2.05) is 0 Å². The van der Waals surface area contributed by atoms with Crippen molar-refractivity contribution in [3.63, 3.8) is 0 Å². The Morgan fingerprint density at radius 2 is 1.85 bits per heavy atom. The molecule has 0 bridgehead atoms. The number of benzene rings is 2. The van der Waals surface area contributed by atoms with Gasteiger partial charge in [-0.1, -0.05) is 11.6 Å². The van der Waals surface area contributed by atoms with E-state index in [0.717, 1.165) is 3.57 Å². The highest BCUT2D eigenvalue weighted by Gasteiger charge is 2.09. The van der Waals surface area contributed by atoms with Crippen molar-refractivity contribution in [2.45, 2.75) is 0 Å². The molecule has 0 aliphatic carbocycles. The zero-order valence-electron chi connectivity index (χ0n) is 9.97. The second kappa shape index (κ2) is 6.19. The third-order valence-electron chi connectivity index (χ3n) is 2.52. The summed E-state index contributed by atoms with van der Waals surface area (Å²) in [4.78, 5) is 22.0. The van der Waals surface area contributed by atoms with Gasteiger partial charge in [0.25, 0.3) is 11.6 Å². The largest absolute Gasteiger partial charge is 0.322 e. The molecular formula is C13H8ClIN2O3. The summed E-state index contributed by atoms with van der Waals surface area (Å²) < 4.78 is 0.858. The lowest BCUT2D eigenvalue weighted by Gasteiger charge is -2.06. The van der Waals surface area contributed by atoms with E-state index in [1.54, 1.807) is 18.2 Å². The number of nitrogens with one attached hydrogen (secondary N) is 1. The normalized spacial score (nSPS) is 10.1. The molecule has 0 saturated heterocycles. The molecule has 20 heavy (non-hydrogen) atoms. The van der Waals surface area contributed by atoms with Crippen LogP contribution in [0.3, 0.4) is 0 Å². The van der Waals surface area contributed by atoms with Gasteiger partial charge < -0.3 is 5.32 Å². The van der Waals surface area contributed by atoms with Crippen LogP contribution in [0.2, 0.25) is 5.02 Å². The molecule has 0 radical (unpaired) electrons. The van der Waals surface area contributed by atoms with Gasteiger partial charge in [0.2, 0.25) is 0 Å². The molecule has 1 N–H and O–H groups in total. The van der Waals surface area contributed by atoms with Crippen molar-refractivity contribution >= 4 is 51.5 Å². The average Bonchev–Trinajstić information content (AvgIpc) is 2.42. The molecule has 0 heterocycles. The molecule has 0 unspecified atom stereocenters. The van der Waals surface area contributed by atoms with Crippen LogP contribution in [0.15, 0.2) is 42.5 Å². The van der Waals surface area contributed by atoms with Gasteiger partial charge in [-0.25, -0.2) is 0 Å². The van der Waals surface area contributed by atoms with Crippen LogP contribution in [0.25, 0.3) is 0 Å². The number of rotatable bonds is 3. The fourth-order valence-corrected chi connectivity index (χ4v) is 2.02. The minimum atomic E-state index is -0.496. The highest BCUT2D eigenvalue weighted by Crippen LogP contribution is 2.21. The molecule has 0 fully saturated rings. The van der Waals surface area contributed by atoms with Crippen LogP contribution in [-0.4, -0.2) is 10.8 Å². The van der Waals surface area contributed by atoms with E-state index in [2.05, 4.69) is 27.9 Å². The number of hydrogen-bond acceptors (Lipinski definition) is 3. The zero-order valence-corrected chi connectivity index (χ0v) is 12.9. The highest BCUT2D eigenvalue weighted by molar-refractivity contribution is 14.1. The van der Waals surface area contributed by atoms with Crippen molar-refractivity contribution in [3.8, 4) is 0 Å². The van der Waals surface area contributed by atoms with E-state index < -0.39 is 4.92 Å². The van der Waals surface area contributed by atoms with E-state index in [9.17, 15) is 14.9 Å². The third-order valence-corrected chi connectivity index (χ3v) is 4.09. The van der Waals surface area contributed by atoms with Crippen LogP contribution < -0.4 is 5.32 Å². The average molecular weight is 403 g/mol. The molecular weight excluding hydrogens is 395 g/mol. The topological polar surface area (TPSA) is 72.2 Å². The van der Waals surface area contributed by atoms with Crippen LogP contribution in [-0.2, 0) is 0 Å². The molecule has 7 heteroatoms. The van der Waals surface area contributed by atoms with E-state index in [4.69, 9.17) is 11.6 Å². The molecule has 0 spiro atoms. The third kappa shape index (κ3) is 3.45. The first-order valence-electron chi connectivity index (χ1n) is 5.48. The van der Waals surface area contributed by atoms with Crippen LogP contribution in [0.4, 0.5) is 11.4 Å². The summed E-state index contributed by atoms with van der Waals surface area (Å²) in [5.74, 6) is -0.322. The lowest BCUT2D eigenvalue weighted by atomic mass is 10.2. The summed E-state index contributed by atoms with van der Waals surface area (Å²) in [7, 11) is 0. The highest BCUT2D eigenvalue weighted by atomic mass is 127. The number of non-ortho nitro benzene ring substituents is 1. The summed E-state index contributed by atoms with van der Waals surface area (Å²) in [6.45, 7) is 0. The first-order chi connectivity index (χ1) is 9.47. The molecule has 0 aromatic heterocycles. The lowest BCUT2D eigenvalue weighted by molar-refractivity contribution is -0.384. The number of hydrogen-bond donors (Lipinski definition) is 1. The molecule has 102 valence electrons. The van der Waals surface area contributed by atoms with E-state index >= 15 is 0 Å². The summed E-state index contributed by atoms with van der Waals surface area (Å²) in [5.41, 5.74) is 0.879. The maximum atomic E-state index is 12.0. The Labute approximate surface area is 133 Å². The molecule has 0 aliphatic rings. The minimum Gasteiger partial charge on any atom is -0.322 e. The second-order valence-corrected chi connectivity index (χ2v) is 5.46. The van der Waals surface area contributed by atoms with Crippen molar-refractivity contribution in [3.05, 3.63) is 66.7 Å². The Morgan fingerprint density at radius 1 is 1.20 bits per heavy atom. The van der Waals surface area contributed by atoms with Crippen molar-refractivity contribution in [2.24, 2.45) is 0 Å². The summed E-state index contributed by atoms with van der Waals surface area (Å²) in [6.07, 6.45) is 0. The van der Waals surface area contributed by atoms with Gasteiger partial charge in [-0.2, -0.15) is 0 Å². The Morgan fingerprint density at radius 3 is 2.40 bits per heavy atom. The van der Waals surface area contributed by atoms with Gasteiger partial charge in [0, 0.05) is 27.0 Å². The van der Waals surface area contributed by atoms with Crippen molar-refractivity contribution in [1.82, 2.24) is 0 Å². The Bertz CT molecular complexity index is 674. The number of halogens is 2. The van der Waals surface area contributed by atoms with Gasteiger partial charge in [-0.05, 0) is 52.9 Å². The minimum absolute atomic E-state index is 0.0275. The number of nitro benzene ring substituents is 1. The Hall–Kier alpha value is -1.67. The number of anilines is 1. The van der Waals surface area contributed by atoms with Crippen molar-refractivity contribution in [2.75, 3.05) is 5.32 Å². The molecule has 2 rings (SSSR count). The number of carbonyl (C=O) groups is 1. The molecule has 5 nitrogen and oxygen atoms in total. The molecule has 1 amide bonds. The van der Waals surface area contributed by atoms with Crippen LogP contribution >= 0.6 is 34.2 Å². The fourth-order valence-electron chi connectivity index (χ4n) is 1.51. The van der Waals surface area contributed by atoms with Gasteiger partial charge in [0.15, 0.2) is 0 Å². The number of nitrogens with zero attached hydrogens (tertiary/aromatic N) is 1. The second-order valence-electron chi connectivity index (χ2n) is 3.89.